The lowest BCUT2D eigenvalue weighted by atomic mass is 10.1. The number of nitrogens with zero attached hydrogens (tertiary/aromatic N) is 2. The average molecular weight is 248 g/mol. The number of benzene rings is 1. The molecule has 2 rings (SSSR count). The van der Waals surface area contributed by atoms with Crippen LogP contribution in [-0.2, 0) is 0 Å². The lowest BCUT2D eigenvalue weighted by Crippen LogP contribution is -1.98. The zero-order valence-electron chi connectivity index (χ0n) is 10.1. The Hall–Kier alpha value is -1.61. The van der Waals surface area contributed by atoms with Crippen molar-refractivity contribution in [1.29, 1.82) is 0 Å². The van der Waals surface area contributed by atoms with Gasteiger partial charge in [0.2, 0.25) is 0 Å². The third-order valence-electron chi connectivity index (χ3n) is 2.45. The Morgan fingerprint density at radius 3 is 2.47 bits per heavy atom. The molecule has 0 bridgehead atoms. The van der Waals surface area contributed by atoms with Gasteiger partial charge < -0.3 is 5.32 Å². The second kappa shape index (κ2) is 4.72. The smallest absolute Gasteiger partial charge is 0.135 e. The van der Waals surface area contributed by atoms with Crippen LogP contribution in [0.1, 0.15) is 17.0 Å². The van der Waals surface area contributed by atoms with E-state index >= 15 is 0 Å². The quantitative estimate of drug-likeness (QED) is 0.821. The van der Waals surface area contributed by atoms with E-state index in [0.717, 1.165) is 11.5 Å². The van der Waals surface area contributed by atoms with E-state index in [1.165, 1.54) is 11.1 Å². The van der Waals surface area contributed by atoms with Crippen molar-refractivity contribution >= 4 is 23.1 Å². The fourth-order valence-electron chi connectivity index (χ4n) is 1.69. The van der Waals surface area contributed by atoms with Crippen molar-refractivity contribution in [3.63, 3.8) is 0 Å². The van der Waals surface area contributed by atoms with Crippen LogP contribution in [0.25, 0.3) is 0 Å². The van der Waals surface area contributed by atoms with Crippen molar-refractivity contribution in [2.24, 2.45) is 0 Å². The van der Waals surface area contributed by atoms with E-state index in [1.54, 1.807) is 6.07 Å². The summed E-state index contributed by atoms with van der Waals surface area (Å²) in [6, 6.07) is 7.94. The summed E-state index contributed by atoms with van der Waals surface area (Å²) in [6.07, 6.45) is 0. The second-order valence-corrected chi connectivity index (χ2v) is 4.45. The van der Waals surface area contributed by atoms with E-state index < -0.39 is 0 Å². The van der Waals surface area contributed by atoms with Gasteiger partial charge in [0, 0.05) is 11.8 Å². The fourth-order valence-corrected chi connectivity index (χ4v) is 1.91. The van der Waals surface area contributed by atoms with E-state index in [-0.39, 0.29) is 0 Å². The molecule has 0 spiro atoms. The van der Waals surface area contributed by atoms with Gasteiger partial charge in [0.05, 0.1) is 0 Å². The largest absolute Gasteiger partial charge is 0.340 e. The number of rotatable bonds is 2. The van der Waals surface area contributed by atoms with Crippen LogP contribution < -0.4 is 5.32 Å². The molecule has 0 saturated heterocycles. The molecular weight excluding hydrogens is 234 g/mol. The molecule has 1 N–H and O–H groups in total. The maximum absolute atomic E-state index is 5.89. The lowest BCUT2D eigenvalue weighted by molar-refractivity contribution is 1.06. The standard InChI is InChI=1S/C13H14ClN3/c1-8-4-5-11(9(2)6-8)17-13-7-12(14)15-10(3)16-13/h4-7H,1-3H3,(H,15,16,17). The minimum Gasteiger partial charge on any atom is -0.340 e. The van der Waals surface area contributed by atoms with Crippen molar-refractivity contribution in [2.45, 2.75) is 20.8 Å². The van der Waals surface area contributed by atoms with Gasteiger partial charge in [-0.3, -0.25) is 0 Å². The van der Waals surface area contributed by atoms with Crippen molar-refractivity contribution in [1.82, 2.24) is 9.97 Å². The number of hydrogen-bond donors (Lipinski definition) is 1. The number of aryl methyl sites for hydroxylation is 3. The van der Waals surface area contributed by atoms with Crippen LogP contribution in [0.4, 0.5) is 11.5 Å². The number of halogens is 1. The maximum atomic E-state index is 5.89. The normalized spacial score (nSPS) is 10.4. The topological polar surface area (TPSA) is 37.8 Å². The highest BCUT2D eigenvalue weighted by Gasteiger charge is 2.03. The predicted octanol–water partition coefficient (Wildman–Crippen LogP) is 3.80. The summed E-state index contributed by atoms with van der Waals surface area (Å²) in [7, 11) is 0. The Bertz CT molecular complexity index is 532. The fraction of sp³-hybridized carbons (Fsp3) is 0.231. The van der Waals surface area contributed by atoms with Crippen molar-refractivity contribution in [2.75, 3.05) is 5.32 Å². The Labute approximate surface area is 106 Å². The van der Waals surface area contributed by atoms with Gasteiger partial charge in [0.15, 0.2) is 0 Å². The summed E-state index contributed by atoms with van der Waals surface area (Å²) < 4.78 is 0. The molecule has 0 fully saturated rings. The minimum absolute atomic E-state index is 0.449. The first-order chi connectivity index (χ1) is 8.04. The Balaban J connectivity index is 2.31. The molecule has 2 aromatic rings. The van der Waals surface area contributed by atoms with Gasteiger partial charge in [-0.25, -0.2) is 9.97 Å². The van der Waals surface area contributed by atoms with E-state index in [1.807, 2.05) is 13.0 Å². The van der Waals surface area contributed by atoms with Crippen molar-refractivity contribution < 1.29 is 0 Å². The van der Waals surface area contributed by atoms with Crippen molar-refractivity contribution in [3.05, 3.63) is 46.4 Å². The maximum Gasteiger partial charge on any atom is 0.135 e. The molecule has 0 atom stereocenters. The SMILES string of the molecule is Cc1ccc(Nc2cc(Cl)nc(C)n2)c(C)c1. The van der Waals surface area contributed by atoms with Crippen LogP contribution in [0.15, 0.2) is 24.3 Å². The predicted molar refractivity (Wildman–Crippen MR) is 71.0 cm³/mol. The highest BCUT2D eigenvalue weighted by atomic mass is 35.5. The molecular formula is C13H14ClN3. The van der Waals surface area contributed by atoms with Gasteiger partial charge >= 0.3 is 0 Å². The molecule has 0 aliphatic heterocycles. The molecule has 0 saturated carbocycles. The van der Waals surface area contributed by atoms with Gasteiger partial charge in [0.1, 0.15) is 16.8 Å². The highest BCUT2D eigenvalue weighted by molar-refractivity contribution is 6.29. The summed E-state index contributed by atoms with van der Waals surface area (Å²) in [5.74, 6) is 1.37. The molecule has 1 aromatic heterocycles. The summed E-state index contributed by atoms with van der Waals surface area (Å²) in [5.41, 5.74) is 3.45. The highest BCUT2D eigenvalue weighted by Crippen LogP contribution is 2.21. The van der Waals surface area contributed by atoms with E-state index in [9.17, 15) is 0 Å². The van der Waals surface area contributed by atoms with Gasteiger partial charge in [0.25, 0.3) is 0 Å². The number of hydrogen-bond acceptors (Lipinski definition) is 3. The van der Waals surface area contributed by atoms with E-state index in [4.69, 9.17) is 11.6 Å². The van der Waals surface area contributed by atoms with Gasteiger partial charge in [-0.15, -0.1) is 0 Å². The number of aromatic nitrogens is 2. The van der Waals surface area contributed by atoms with E-state index in [0.29, 0.717) is 11.0 Å². The molecule has 4 heteroatoms. The Morgan fingerprint density at radius 2 is 1.82 bits per heavy atom. The third-order valence-corrected chi connectivity index (χ3v) is 2.64. The van der Waals surface area contributed by atoms with E-state index in [2.05, 4.69) is 41.3 Å². The van der Waals surface area contributed by atoms with Gasteiger partial charge in [-0.05, 0) is 32.4 Å². The van der Waals surface area contributed by atoms with Crippen LogP contribution in [0.3, 0.4) is 0 Å². The van der Waals surface area contributed by atoms with Gasteiger partial charge in [-0.2, -0.15) is 0 Å². The molecule has 1 aromatic carbocycles. The van der Waals surface area contributed by atoms with Crippen LogP contribution in [0.2, 0.25) is 5.15 Å². The molecule has 0 aliphatic rings. The number of anilines is 2. The molecule has 88 valence electrons. The Kier molecular flexibility index (Phi) is 3.29. The molecule has 1 heterocycles. The van der Waals surface area contributed by atoms with Crippen LogP contribution in [0.5, 0.6) is 0 Å². The summed E-state index contributed by atoms with van der Waals surface area (Å²) >= 11 is 5.89. The minimum atomic E-state index is 0.449. The second-order valence-electron chi connectivity index (χ2n) is 4.07. The monoisotopic (exact) mass is 247 g/mol. The zero-order chi connectivity index (χ0) is 12.4. The van der Waals surface area contributed by atoms with Crippen LogP contribution in [-0.4, -0.2) is 9.97 Å². The Morgan fingerprint density at radius 1 is 1.06 bits per heavy atom. The summed E-state index contributed by atoms with van der Waals surface area (Å²) in [6.45, 7) is 5.95. The van der Waals surface area contributed by atoms with Crippen LogP contribution >= 0.6 is 11.6 Å². The van der Waals surface area contributed by atoms with Crippen LogP contribution in [0, 0.1) is 20.8 Å². The molecule has 0 aliphatic carbocycles. The molecule has 17 heavy (non-hydrogen) atoms. The molecule has 0 amide bonds. The first-order valence-electron chi connectivity index (χ1n) is 5.40. The summed E-state index contributed by atoms with van der Waals surface area (Å²) in [5, 5.41) is 3.69. The van der Waals surface area contributed by atoms with Gasteiger partial charge in [-0.1, -0.05) is 29.3 Å². The third kappa shape index (κ3) is 2.94. The lowest BCUT2D eigenvalue weighted by Gasteiger charge is -2.10. The van der Waals surface area contributed by atoms with Crippen molar-refractivity contribution in [3.8, 4) is 0 Å². The first-order valence-corrected chi connectivity index (χ1v) is 5.78. The number of nitrogens with one attached hydrogen (secondary N) is 1. The summed E-state index contributed by atoms with van der Waals surface area (Å²) in [4.78, 5) is 8.31. The zero-order valence-corrected chi connectivity index (χ0v) is 10.8. The average Bonchev–Trinajstić information content (AvgIpc) is 2.21. The molecule has 3 nitrogen and oxygen atoms in total. The molecule has 0 unspecified atom stereocenters. The first kappa shape index (κ1) is 11.9. The molecule has 0 radical (unpaired) electrons.